The number of benzene rings is 3. The Labute approximate surface area is 168 Å². The highest BCUT2D eigenvalue weighted by molar-refractivity contribution is 9.11. The normalized spacial score (nSPS) is 12.3. The van der Waals surface area contributed by atoms with Crippen molar-refractivity contribution in [2.24, 2.45) is 0 Å². The molecule has 132 valence electrons. The van der Waals surface area contributed by atoms with Crippen LogP contribution in [0.3, 0.4) is 0 Å². The summed E-state index contributed by atoms with van der Waals surface area (Å²) in [5.41, 5.74) is 5.71. The fourth-order valence-corrected chi connectivity index (χ4v) is 3.53. The largest absolute Gasteiger partial charge is 0.309 e. The zero-order valence-corrected chi connectivity index (χ0v) is 16.8. The Bertz CT molecular complexity index is 1140. The van der Waals surface area contributed by atoms with Crippen molar-refractivity contribution in [1.29, 1.82) is 0 Å². The van der Waals surface area contributed by atoms with Crippen LogP contribution in [0.2, 0.25) is 0 Å². The van der Waals surface area contributed by atoms with Gasteiger partial charge in [0.2, 0.25) is 0 Å². The second-order valence-electron chi connectivity index (χ2n) is 6.45. The zero-order valence-electron chi connectivity index (χ0n) is 15.2. The van der Waals surface area contributed by atoms with Gasteiger partial charge in [0.25, 0.3) is 0 Å². The van der Waals surface area contributed by atoms with Crippen LogP contribution in [0.15, 0.2) is 102 Å². The molecule has 0 spiro atoms. The standard InChI is InChI=1S/C25H20BrN/c1-3-20(26)15-12-18(2)19-13-16-21(17-14-19)27-24-10-6-4-8-22(24)23-9-5-7-11-25(23)27/h3-17H,2H2,1H3/b15-12-,20-3+. The molecule has 1 nitrogen and oxygen atoms in total. The number of allylic oxidation sites excluding steroid dienone is 5. The second-order valence-corrected chi connectivity index (χ2v) is 7.36. The number of halogens is 1. The first-order chi connectivity index (χ1) is 13.2. The molecule has 0 N–H and O–H groups in total. The Morgan fingerprint density at radius 2 is 1.37 bits per heavy atom. The first-order valence-corrected chi connectivity index (χ1v) is 9.76. The van der Waals surface area contributed by atoms with E-state index in [0.717, 1.165) is 21.3 Å². The lowest BCUT2D eigenvalue weighted by Crippen LogP contribution is -1.93. The topological polar surface area (TPSA) is 4.93 Å². The van der Waals surface area contributed by atoms with Gasteiger partial charge in [-0.3, -0.25) is 0 Å². The average Bonchev–Trinajstić information content (AvgIpc) is 3.06. The monoisotopic (exact) mass is 413 g/mol. The second kappa shape index (κ2) is 7.42. The maximum absolute atomic E-state index is 4.18. The molecule has 0 aliphatic carbocycles. The van der Waals surface area contributed by atoms with Gasteiger partial charge in [-0.05, 0) is 48.4 Å². The van der Waals surface area contributed by atoms with Gasteiger partial charge >= 0.3 is 0 Å². The van der Waals surface area contributed by atoms with Crippen molar-refractivity contribution < 1.29 is 0 Å². The van der Waals surface area contributed by atoms with E-state index < -0.39 is 0 Å². The highest BCUT2D eigenvalue weighted by atomic mass is 79.9. The van der Waals surface area contributed by atoms with Crippen molar-refractivity contribution in [3.8, 4) is 5.69 Å². The van der Waals surface area contributed by atoms with Crippen LogP contribution in [0.25, 0.3) is 33.1 Å². The minimum atomic E-state index is 0.988. The number of hydrogen-bond acceptors (Lipinski definition) is 0. The third-order valence-electron chi connectivity index (χ3n) is 4.80. The maximum Gasteiger partial charge on any atom is 0.0541 e. The molecule has 0 amide bonds. The molecule has 4 aromatic rings. The van der Waals surface area contributed by atoms with Crippen molar-refractivity contribution in [1.82, 2.24) is 4.57 Å². The summed E-state index contributed by atoms with van der Waals surface area (Å²) >= 11 is 3.49. The summed E-state index contributed by atoms with van der Waals surface area (Å²) in [6.07, 6.45) is 6.05. The predicted octanol–water partition coefficient (Wildman–Crippen LogP) is 7.65. The zero-order chi connectivity index (χ0) is 18.8. The van der Waals surface area contributed by atoms with Crippen LogP contribution >= 0.6 is 15.9 Å². The third kappa shape index (κ3) is 3.29. The van der Waals surface area contributed by atoms with Gasteiger partial charge in [-0.15, -0.1) is 0 Å². The Hall–Kier alpha value is -2.84. The molecule has 0 atom stereocenters. The summed E-state index contributed by atoms with van der Waals surface area (Å²) < 4.78 is 3.37. The lowest BCUT2D eigenvalue weighted by molar-refractivity contribution is 1.18. The summed E-state index contributed by atoms with van der Waals surface area (Å²) in [6, 6.07) is 25.7. The van der Waals surface area contributed by atoms with Gasteiger partial charge in [0.05, 0.1) is 11.0 Å². The lowest BCUT2D eigenvalue weighted by atomic mass is 10.1. The number of hydrogen-bond donors (Lipinski definition) is 0. The van der Waals surface area contributed by atoms with E-state index in [9.17, 15) is 0 Å². The molecule has 0 bridgehead atoms. The quantitative estimate of drug-likeness (QED) is 0.302. The smallest absolute Gasteiger partial charge is 0.0541 e. The number of aromatic nitrogens is 1. The minimum absolute atomic E-state index is 0.988. The molecule has 0 radical (unpaired) electrons. The molecule has 0 aliphatic heterocycles. The molecule has 27 heavy (non-hydrogen) atoms. The molecule has 2 heteroatoms. The fourth-order valence-electron chi connectivity index (χ4n) is 3.40. The minimum Gasteiger partial charge on any atom is -0.309 e. The van der Waals surface area contributed by atoms with Crippen LogP contribution < -0.4 is 0 Å². The summed E-state index contributed by atoms with van der Waals surface area (Å²) in [5.74, 6) is 0. The Kier molecular flexibility index (Phi) is 4.83. The Balaban J connectivity index is 1.78. The highest BCUT2D eigenvalue weighted by Gasteiger charge is 2.11. The maximum atomic E-state index is 4.18. The molecule has 1 heterocycles. The lowest BCUT2D eigenvalue weighted by Gasteiger charge is -2.09. The first-order valence-electron chi connectivity index (χ1n) is 8.97. The molecule has 0 saturated carbocycles. The predicted molar refractivity (Wildman–Crippen MR) is 122 cm³/mol. The van der Waals surface area contributed by atoms with Gasteiger partial charge < -0.3 is 4.57 Å². The van der Waals surface area contributed by atoms with Crippen LogP contribution in [-0.2, 0) is 0 Å². The SMILES string of the molecule is C=C(/C=C\C(Br)=C/C)c1ccc(-n2c3ccccc3c3ccccc32)cc1. The summed E-state index contributed by atoms with van der Waals surface area (Å²) in [6.45, 7) is 6.18. The molecule has 4 rings (SSSR count). The van der Waals surface area contributed by atoms with Gasteiger partial charge in [0, 0.05) is 20.9 Å². The van der Waals surface area contributed by atoms with Crippen LogP contribution in [0.5, 0.6) is 0 Å². The van der Waals surface area contributed by atoms with E-state index in [4.69, 9.17) is 0 Å². The van der Waals surface area contributed by atoms with Crippen molar-refractivity contribution in [2.75, 3.05) is 0 Å². The van der Waals surface area contributed by atoms with E-state index in [1.807, 2.05) is 25.2 Å². The molecule has 0 aliphatic rings. The van der Waals surface area contributed by atoms with E-state index in [1.165, 1.54) is 21.8 Å². The van der Waals surface area contributed by atoms with Gasteiger partial charge in [-0.1, -0.05) is 83.2 Å². The molecule has 0 fully saturated rings. The van der Waals surface area contributed by atoms with Gasteiger partial charge in [-0.2, -0.15) is 0 Å². The van der Waals surface area contributed by atoms with Crippen molar-refractivity contribution >= 4 is 43.3 Å². The van der Waals surface area contributed by atoms with Crippen LogP contribution in [0.4, 0.5) is 0 Å². The number of para-hydroxylation sites is 2. The fraction of sp³-hybridized carbons (Fsp3) is 0.0400. The highest BCUT2D eigenvalue weighted by Crippen LogP contribution is 2.32. The first kappa shape index (κ1) is 17.6. The Morgan fingerprint density at radius 3 is 1.93 bits per heavy atom. The van der Waals surface area contributed by atoms with Crippen molar-refractivity contribution in [2.45, 2.75) is 6.92 Å². The number of fused-ring (bicyclic) bond motifs is 3. The van der Waals surface area contributed by atoms with Crippen LogP contribution in [0.1, 0.15) is 12.5 Å². The molecule has 3 aromatic carbocycles. The molecule has 0 saturated heterocycles. The Morgan fingerprint density at radius 1 is 0.815 bits per heavy atom. The molecular weight excluding hydrogens is 394 g/mol. The van der Waals surface area contributed by atoms with Crippen LogP contribution in [0, 0.1) is 0 Å². The van der Waals surface area contributed by atoms with Gasteiger partial charge in [0.1, 0.15) is 0 Å². The van der Waals surface area contributed by atoms with E-state index in [2.05, 4.69) is 99.9 Å². The summed E-state index contributed by atoms with van der Waals surface area (Å²) in [5, 5.41) is 2.56. The molecular formula is C25H20BrN. The van der Waals surface area contributed by atoms with Crippen LogP contribution in [-0.4, -0.2) is 4.57 Å². The molecule has 1 aromatic heterocycles. The average molecular weight is 414 g/mol. The van der Waals surface area contributed by atoms with E-state index in [-0.39, 0.29) is 0 Å². The summed E-state index contributed by atoms with van der Waals surface area (Å²) in [4.78, 5) is 0. The number of nitrogens with zero attached hydrogens (tertiary/aromatic N) is 1. The van der Waals surface area contributed by atoms with Crippen molar-refractivity contribution in [3.05, 3.63) is 108 Å². The molecule has 0 unspecified atom stereocenters. The van der Waals surface area contributed by atoms with Crippen molar-refractivity contribution in [3.63, 3.8) is 0 Å². The number of rotatable bonds is 4. The third-order valence-corrected chi connectivity index (χ3v) is 5.52. The van der Waals surface area contributed by atoms with Gasteiger partial charge in [0.15, 0.2) is 0 Å². The van der Waals surface area contributed by atoms with E-state index in [0.29, 0.717) is 0 Å². The summed E-state index contributed by atoms with van der Waals surface area (Å²) in [7, 11) is 0. The van der Waals surface area contributed by atoms with E-state index in [1.54, 1.807) is 0 Å². The van der Waals surface area contributed by atoms with Gasteiger partial charge in [-0.25, -0.2) is 0 Å². The van der Waals surface area contributed by atoms with E-state index >= 15 is 0 Å².